The van der Waals surface area contributed by atoms with Crippen molar-refractivity contribution in [3.05, 3.63) is 41.1 Å². The normalized spacial score (nSPS) is 13.2. The number of aliphatic hydroxyl groups is 1. The van der Waals surface area contributed by atoms with E-state index in [1.807, 2.05) is 22.8 Å². The van der Waals surface area contributed by atoms with Crippen molar-refractivity contribution in [3.8, 4) is 17.1 Å². The lowest BCUT2D eigenvalue weighted by atomic mass is 10.2. The SMILES string of the molecule is C=C(O)c1cn2c(n1)-c1ccc(Br)cc1OCC2. The first-order chi connectivity index (χ1) is 8.65. The molecule has 0 saturated carbocycles. The molecule has 1 aliphatic rings. The molecule has 18 heavy (non-hydrogen) atoms. The van der Waals surface area contributed by atoms with Crippen LogP contribution in [0.15, 0.2) is 35.4 Å². The number of rotatable bonds is 1. The van der Waals surface area contributed by atoms with E-state index in [2.05, 4.69) is 27.5 Å². The number of benzene rings is 1. The number of hydrogen-bond donors (Lipinski definition) is 1. The van der Waals surface area contributed by atoms with Gasteiger partial charge in [0, 0.05) is 10.7 Å². The lowest BCUT2D eigenvalue weighted by molar-refractivity contribution is 0.306. The van der Waals surface area contributed by atoms with Gasteiger partial charge in [-0.15, -0.1) is 0 Å². The first-order valence-electron chi connectivity index (χ1n) is 5.53. The maximum absolute atomic E-state index is 9.43. The highest BCUT2D eigenvalue weighted by Crippen LogP contribution is 2.34. The molecule has 0 bridgehead atoms. The van der Waals surface area contributed by atoms with Crippen molar-refractivity contribution in [1.29, 1.82) is 0 Å². The van der Waals surface area contributed by atoms with Crippen LogP contribution in [0.3, 0.4) is 0 Å². The predicted octanol–water partition coefficient (Wildman–Crippen LogP) is 3.23. The summed E-state index contributed by atoms with van der Waals surface area (Å²) < 4.78 is 8.63. The van der Waals surface area contributed by atoms with Crippen molar-refractivity contribution < 1.29 is 9.84 Å². The molecule has 0 aliphatic carbocycles. The molecule has 1 aromatic carbocycles. The second kappa shape index (κ2) is 4.17. The molecule has 1 aromatic heterocycles. The third kappa shape index (κ3) is 1.80. The number of fused-ring (bicyclic) bond motifs is 3. The summed E-state index contributed by atoms with van der Waals surface area (Å²) in [6.07, 6.45) is 1.79. The summed E-state index contributed by atoms with van der Waals surface area (Å²) in [5, 5.41) is 9.43. The van der Waals surface area contributed by atoms with Crippen molar-refractivity contribution in [2.45, 2.75) is 6.54 Å². The van der Waals surface area contributed by atoms with Crippen LogP contribution in [0, 0.1) is 0 Å². The molecule has 92 valence electrons. The van der Waals surface area contributed by atoms with Crippen molar-refractivity contribution in [3.63, 3.8) is 0 Å². The van der Waals surface area contributed by atoms with Crippen molar-refractivity contribution in [2.75, 3.05) is 6.61 Å². The van der Waals surface area contributed by atoms with E-state index in [1.54, 1.807) is 6.20 Å². The number of aliphatic hydroxyl groups excluding tert-OH is 1. The Hall–Kier alpha value is -1.75. The maximum atomic E-state index is 9.43. The van der Waals surface area contributed by atoms with Gasteiger partial charge in [0.05, 0.1) is 12.1 Å². The van der Waals surface area contributed by atoms with Gasteiger partial charge in [-0.1, -0.05) is 22.5 Å². The maximum Gasteiger partial charge on any atom is 0.144 e. The van der Waals surface area contributed by atoms with Crippen molar-refractivity contribution in [1.82, 2.24) is 9.55 Å². The smallest absolute Gasteiger partial charge is 0.144 e. The third-order valence-corrected chi connectivity index (χ3v) is 3.34. The molecule has 0 unspecified atom stereocenters. The Kier molecular flexibility index (Phi) is 2.63. The second-order valence-electron chi connectivity index (χ2n) is 4.08. The Morgan fingerprint density at radius 2 is 2.33 bits per heavy atom. The second-order valence-corrected chi connectivity index (χ2v) is 4.99. The van der Waals surface area contributed by atoms with E-state index in [0.29, 0.717) is 18.8 Å². The molecule has 0 amide bonds. The van der Waals surface area contributed by atoms with Crippen LogP contribution in [0.25, 0.3) is 17.1 Å². The fraction of sp³-hybridized carbons (Fsp3) is 0.154. The molecule has 0 spiro atoms. The van der Waals surface area contributed by atoms with Gasteiger partial charge in [-0.05, 0) is 18.2 Å². The van der Waals surface area contributed by atoms with Crippen LogP contribution < -0.4 is 4.74 Å². The Morgan fingerprint density at radius 3 is 3.11 bits per heavy atom. The number of nitrogens with zero attached hydrogens (tertiary/aromatic N) is 2. The minimum Gasteiger partial charge on any atom is -0.506 e. The Morgan fingerprint density at radius 1 is 1.50 bits per heavy atom. The number of aromatic nitrogens is 2. The highest BCUT2D eigenvalue weighted by Gasteiger charge is 2.19. The molecule has 3 rings (SSSR count). The summed E-state index contributed by atoms with van der Waals surface area (Å²) in [7, 11) is 0. The highest BCUT2D eigenvalue weighted by molar-refractivity contribution is 9.10. The number of ether oxygens (including phenoxy) is 1. The van der Waals surface area contributed by atoms with Crippen LogP contribution in [-0.4, -0.2) is 21.3 Å². The largest absolute Gasteiger partial charge is 0.506 e. The first-order valence-corrected chi connectivity index (χ1v) is 6.32. The van der Waals surface area contributed by atoms with E-state index in [-0.39, 0.29) is 5.76 Å². The lowest BCUT2D eigenvalue weighted by Crippen LogP contribution is -2.04. The summed E-state index contributed by atoms with van der Waals surface area (Å²) >= 11 is 3.42. The molecular weight excluding hydrogens is 296 g/mol. The van der Waals surface area contributed by atoms with Gasteiger partial charge in [0.15, 0.2) is 0 Å². The average molecular weight is 307 g/mol. The molecule has 0 saturated heterocycles. The minimum atomic E-state index is -0.0184. The first kappa shape index (κ1) is 11.3. The van der Waals surface area contributed by atoms with Gasteiger partial charge in [0.1, 0.15) is 29.6 Å². The van der Waals surface area contributed by atoms with Gasteiger partial charge < -0.3 is 14.4 Å². The van der Waals surface area contributed by atoms with E-state index in [0.717, 1.165) is 21.6 Å². The van der Waals surface area contributed by atoms with E-state index in [1.165, 1.54) is 0 Å². The molecule has 1 N–H and O–H groups in total. The van der Waals surface area contributed by atoms with Crippen LogP contribution in [0.2, 0.25) is 0 Å². The highest BCUT2D eigenvalue weighted by atomic mass is 79.9. The van der Waals surface area contributed by atoms with Crippen molar-refractivity contribution >= 4 is 21.7 Å². The van der Waals surface area contributed by atoms with Gasteiger partial charge in [-0.2, -0.15) is 0 Å². The molecule has 0 atom stereocenters. The molecule has 2 aromatic rings. The van der Waals surface area contributed by atoms with Gasteiger partial charge in [0.25, 0.3) is 0 Å². The quantitative estimate of drug-likeness (QED) is 0.823. The van der Waals surface area contributed by atoms with E-state index >= 15 is 0 Å². The molecule has 5 heteroatoms. The van der Waals surface area contributed by atoms with Crippen LogP contribution in [0.4, 0.5) is 0 Å². The minimum absolute atomic E-state index is 0.0184. The molecule has 4 nitrogen and oxygen atoms in total. The zero-order valence-corrected chi connectivity index (χ0v) is 11.1. The summed E-state index contributed by atoms with van der Waals surface area (Å²) in [6.45, 7) is 4.77. The fourth-order valence-electron chi connectivity index (χ4n) is 1.99. The zero-order valence-electron chi connectivity index (χ0n) is 9.56. The Labute approximate surface area is 113 Å². The van der Waals surface area contributed by atoms with E-state index in [4.69, 9.17) is 4.74 Å². The van der Waals surface area contributed by atoms with Crippen molar-refractivity contribution in [2.24, 2.45) is 0 Å². The van der Waals surface area contributed by atoms with E-state index in [9.17, 15) is 5.11 Å². The van der Waals surface area contributed by atoms with Gasteiger partial charge >= 0.3 is 0 Å². The average Bonchev–Trinajstić information content (AvgIpc) is 2.67. The standard InChI is InChI=1S/C13H11BrN2O2/c1-8(17)11-7-16-4-5-18-12-6-9(14)2-3-10(12)13(16)15-11/h2-3,6-7,17H,1,4-5H2. The summed E-state index contributed by atoms with van der Waals surface area (Å²) in [4.78, 5) is 4.40. The number of hydrogen-bond acceptors (Lipinski definition) is 3. The molecule has 0 fully saturated rings. The third-order valence-electron chi connectivity index (χ3n) is 2.85. The summed E-state index contributed by atoms with van der Waals surface area (Å²) in [5.74, 6) is 1.57. The molecular formula is C13H11BrN2O2. The number of halogens is 1. The summed E-state index contributed by atoms with van der Waals surface area (Å²) in [6, 6.07) is 5.82. The summed E-state index contributed by atoms with van der Waals surface area (Å²) in [5.41, 5.74) is 1.42. The van der Waals surface area contributed by atoms with Crippen LogP contribution in [-0.2, 0) is 6.54 Å². The topological polar surface area (TPSA) is 47.3 Å². The van der Waals surface area contributed by atoms with Gasteiger partial charge in [-0.25, -0.2) is 4.98 Å². The van der Waals surface area contributed by atoms with Crippen LogP contribution >= 0.6 is 15.9 Å². The molecule has 1 aliphatic heterocycles. The number of imidazole rings is 1. The van der Waals surface area contributed by atoms with Gasteiger partial charge in [-0.3, -0.25) is 0 Å². The molecule has 2 heterocycles. The van der Waals surface area contributed by atoms with Gasteiger partial charge in [0.2, 0.25) is 0 Å². The van der Waals surface area contributed by atoms with E-state index < -0.39 is 0 Å². The zero-order chi connectivity index (χ0) is 12.7. The van der Waals surface area contributed by atoms with Crippen LogP contribution in [0.5, 0.6) is 5.75 Å². The monoisotopic (exact) mass is 306 g/mol. The Balaban J connectivity index is 2.20. The lowest BCUT2D eigenvalue weighted by Gasteiger charge is -2.06. The Bertz CT molecular complexity index is 634. The fourth-order valence-corrected chi connectivity index (χ4v) is 2.33. The predicted molar refractivity (Wildman–Crippen MR) is 72.5 cm³/mol. The van der Waals surface area contributed by atoms with Crippen LogP contribution in [0.1, 0.15) is 5.69 Å². The molecule has 0 radical (unpaired) electrons.